The van der Waals surface area contributed by atoms with Gasteiger partial charge in [0.15, 0.2) is 0 Å². The number of benzene rings is 1. The summed E-state index contributed by atoms with van der Waals surface area (Å²) < 4.78 is 129. The Balaban J connectivity index is 2.53. The number of ether oxygens (including phenoxy) is 1. The maximum Gasteiger partial charge on any atom is 0.381 e. The molecule has 2 nitrogen and oxygen atoms in total. The Bertz CT molecular complexity index is 718. The van der Waals surface area contributed by atoms with E-state index in [1.54, 1.807) is 13.8 Å². The molecule has 0 saturated heterocycles. The van der Waals surface area contributed by atoms with Gasteiger partial charge in [0.2, 0.25) is 0 Å². The minimum atomic E-state index is -6.67. The molecule has 160 valence electrons. The van der Waals surface area contributed by atoms with Crippen molar-refractivity contribution < 1.29 is 49.4 Å². The molecule has 0 spiro atoms. The summed E-state index contributed by atoms with van der Waals surface area (Å²) in [6.07, 6.45) is -2.82. The predicted octanol–water partition coefficient (Wildman–Crippen LogP) is 5.33. The first-order valence-corrected chi connectivity index (χ1v) is 8.05. The van der Waals surface area contributed by atoms with Crippen LogP contribution in [0.25, 0.3) is 0 Å². The lowest BCUT2D eigenvalue weighted by Gasteiger charge is -2.37. The number of alkyl halides is 9. The van der Waals surface area contributed by atoms with Crippen LogP contribution in [-0.2, 0) is 5.60 Å². The standard InChI is InChI=1S/C17H17F9O2/c1-9(2)28-11-6-4-5-10(7-11)12(3,27)8-13(18)14(19,20)16(23,24)17(25,26)15(13,21)22/h4-7,9,27H,8H2,1-3H3. The average molecular weight is 424 g/mol. The number of rotatable bonds is 5. The van der Waals surface area contributed by atoms with E-state index >= 15 is 0 Å². The highest BCUT2D eigenvalue weighted by molar-refractivity contribution is 5.35. The molecule has 1 fully saturated rings. The van der Waals surface area contributed by atoms with Crippen LogP contribution in [0.2, 0.25) is 0 Å². The molecule has 1 aliphatic rings. The van der Waals surface area contributed by atoms with Crippen molar-refractivity contribution in [2.45, 2.75) is 68.3 Å². The first-order valence-electron chi connectivity index (χ1n) is 8.05. The van der Waals surface area contributed by atoms with Gasteiger partial charge in [-0.15, -0.1) is 0 Å². The lowest BCUT2D eigenvalue weighted by Crippen LogP contribution is -2.57. The van der Waals surface area contributed by atoms with Crippen molar-refractivity contribution in [3.05, 3.63) is 29.8 Å². The molecule has 0 heterocycles. The van der Waals surface area contributed by atoms with Crippen molar-refractivity contribution in [2.75, 3.05) is 0 Å². The van der Waals surface area contributed by atoms with Crippen molar-refractivity contribution >= 4 is 0 Å². The first kappa shape index (κ1) is 22.6. The zero-order valence-corrected chi connectivity index (χ0v) is 14.9. The van der Waals surface area contributed by atoms with Gasteiger partial charge in [0.25, 0.3) is 5.67 Å². The first-order chi connectivity index (χ1) is 12.3. The van der Waals surface area contributed by atoms with E-state index in [-0.39, 0.29) is 5.75 Å². The molecule has 28 heavy (non-hydrogen) atoms. The maximum atomic E-state index is 14.7. The second-order valence-corrected chi connectivity index (χ2v) is 7.24. The van der Waals surface area contributed by atoms with E-state index in [1.807, 2.05) is 0 Å². The van der Waals surface area contributed by atoms with Crippen molar-refractivity contribution in [3.8, 4) is 5.75 Å². The minimum absolute atomic E-state index is 0.0290. The molecule has 0 radical (unpaired) electrons. The van der Waals surface area contributed by atoms with E-state index < -0.39 is 53.0 Å². The third-order valence-electron chi connectivity index (χ3n) is 4.59. The Labute approximate surface area is 154 Å². The number of halogens is 9. The lowest BCUT2D eigenvalue weighted by molar-refractivity contribution is -0.303. The molecule has 1 N–H and O–H groups in total. The van der Waals surface area contributed by atoms with Crippen LogP contribution in [0.1, 0.15) is 32.8 Å². The van der Waals surface area contributed by atoms with Crippen LogP contribution in [0.4, 0.5) is 39.5 Å². The van der Waals surface area contributed by atoms with Gasteiger partial charge < -0.3 is 9.84 Å². The van der Waals surface area contributed by atoms with E-state index in [0.29, 0.717) is 6.92 Å². The third kappa shape index (κ3) is 2.76. The molecule has 0 aliphatic heterocycles. The van der Waals surface area contributed by atoms with Crippen LogP contribution in [0.15, 0.2) is 24.3 Å². The predicted molar refractivity (Wildman–Crippen MR) is 80.0 cm³/mol. The smallest absolute Gasteiger partial charge is 0.381 e. The van der Waals surface area contributed by atoms with Gasteiger partial charge in [-0.25, -0.2) is 4.39 Å². The summed E-state index contributed by atoms with van der Waals surface area (Å²) in [7, 11) is 0. The third-order valence-corrected chi connectivity index (χ3v) is 4.59. The molecule has 1 saturated carbocycles. The molecular formula is C17H17F9O2. The summed E-state index contributed by atoms with van der Waals surface area (Å²) >= 11 is 0. The molecule has 1 aromatic carbocycles. The minimum Gasteiger partial charge on any atom is -0.491 e. The molecule has 1 atom stereocenters. The second kappa shape index (κ2) is 6.17. The normalized spacial score (nSPS) is 26.1. The van der Waals surface area contributed by atoms with E-state index in [4.69, 9.17) is 4.74 Å². The van der Waals surface area contributed by atoms with E-state index in [1.165, 1.54) is 12.1 Å². The Morgan fingerprint density at radius 3 is 1.79 bits per heavy atom. The SMILES string of the molecule is CC(C)Oc1cccc(C(C)(O)CC2(F)C(F)(F)C(F)(F)C(F)(F)C2(F)F)c1. The Morgan fingerprint density at radius 1 is 0.893 bits per heavy atom. The number of hydrogen-bond acceptors (Lipinski definition) is 2. The van der Waals surface area contributed by atoms with Gasteiger partial charge in [0.05, 0.1) is 11.7 Å². The topological polar surface area (TPSA) is 29.5 Å². The molecule has 0 bridgehead atoms. The van der Waals surface area contributed by atoms with Gasteiger partial charge in [-0.3, -0.25) is 0 Å². The highest BCUT2D eigenvalue weighted by Crippen LogP contribution is 2.70. The highest BCUT2D eigenvalue weighted by atomic mass is 19.4. The van der Waals surface area contributed by atoms with Gasteiger partial charge in [0.1, 0.15) is 5.75 Å². The van der Waals surface area contributed by atoms with Gasteiger partial charge in [-0.05, 0) is 38.5 Å². The fraction of sp³-hybridized carbons (Fsp3) is 0.647. The average Bonchev–Trinajstić information content (AvgIpc) is 2.56. The van der Waals surface area contributed by atoms with Gasteiger partial charge >= 0.3 is 23.7 Å². The fourth-order valence-corrected chi connectivity index (χ4v) is 3.06. The molecule has 11 heteroatoms. The summed E-state index contributed by atoms with van der Waals surface area (Å²) in [6, 6.07) is 4.51. The molecule has 0 amide bonds. The largest absolute Gasteiger partial charge is 0.491 e. The molecule has 1 unspecified atom stereocenters. The van der Waals surface area contributed by atoms with Crippen molar-refractivity contribution in [2.24, 2.45) is 0 Å². The molecule has 1 aromatic rings. The summed E-state index contributed by atoms with van der Waals surface area (Å²) in [5.41, 5.74) is -9.13. The monoisotopic (exact) mass is 424 g/mol. The van der Waals surface area contributed by atoms with Crippen LogP contribution >= 0.6 is 0 Å². The Hall–Kier alpha value is -1.65. The number of hydrogen-bond donors (Lipinski definition) is 1. The van der Waals surface area contributed by atoms with Crippen LogP contribution < -0.4 is 4.74 Å². The van der Waals surface area contributed by atoms with Crippen LogP contribution in [-0.4, -0.2) is 40.6 Å². The number of aliphatic hydroxyl groups is 1. The van der Waals surface area contributed by atoms with Crippen molar-refractivity contribution in [3.63, 3.8) is 0 Å². The fourth-order valence-electron chi connectivity index (χ4n) is 3.06. The lowest BCUT2D eigenvalue weighted by atomic mass is 9.80. The van der Waals surface area contributed by atoms with Crippen molar-refractivity contribution in [1.82, 2.24) is 0 Å². The zero-order valence-electron chi connectivity index (χ0n) is 14.9. The van der Waals surface area contributed by atoms with Gasteiger partial charge in [-0.1, -0.05) is 12.1 Å². The molecule has 0 aromatic heterocycles. The highest BCUT2D eigenvalue weighted by Gasteiger charge is 3.00. The van der Waals surface area contributed by atoms with Crippen LogP contribution in [0, 0.1) is 0 Å². The zero-order chi connectivity index (χ0) is 22.0. The summed E-state index contributed by atoms with van der Waals surface area (Å²) in [4.78, 5) is 0. The Morgan fingerprint density at radius 2 is 1.36 bits per heavy atom. The van der Waals surface area contributed by atoms with Crippen LogP contribution in [0.3, 0.4) is 0 Å². The van der Waals surface area contributed by atoms with E-state index in [9.17, 15) is 44.6 Å². The maximum absolute atomic E-state index is 14.7. The second-order valence-electron chi connectivity index (χ2n) is 7.24. The molecule has 2 rings (SSSR count). The summed E-state index contributed by atoms with van der Waals surface area (Å²) in [5.74, 6) is -26.2. The van der Waals surface area contributed by atoms with Crippen LogP contribution in [0.5, 0.6) is 5.75 Å². The summed E-state index contributed by atoms with van der Waals surface area (Å²) in [6.45, 7) is 3.78. The van der Waals surface area contributed by atoms with Gasteiger partial charge in [-0.2, -0.15) is 35.1 Å². The quantitative estimate of drug-likeness (QED) is 0.648. The van der Waals surface area contributed by atoms with Gasteiger partial charge in [0, 0.05) is 6.42 Å². The molecular weight excluding hydrogens is 407 g/mol. The van der Waals surface area contributed by atoms with E-state index in [2.05, 4.69) is 0 Å². The van der Waals surface area contributed by atoms with E-state index in [0.717, 1.165) is 12.1 Å². The summed E-state index contributed by atoms with van der Waals surface area (Å²) in [5, 5.41) is 10.3. The molecule has 1 aliphatic carbocycles. The van der Waals surface area contributed by atoms with Crippen molar-refractivity contribution in [1.29, 1.82) is 0 Å². The Kier molecular flexibility index (Phi) is 4.99.